The quantitative estimate of drug-likeness (QED) is 0.703. The largest absolute Gasteiger partial charge is 0.244 e. The van der Waals surface area contributed by atoms with Gasteiger partial charge in [0.05, 0.1) is 15.6 Å². The number of hydrogen-bond acceptors (Lipinski definition) is 3. The van der Waals surface area contributed by atoms with Crippen LogP contribution in [0.15, 0.2) is 23.2 Å². The average Bonchev–Trinajstić information content (AvgIpc) is 3.00. The standard InChI is InChI=1S/C15H10Cl2N2S/c16-12-5-1-3-9(14(12)17)8-19-15-11(7-18)10-4-2-6-13(10)20-15/h1,3,5,8H,2,4,6H2/b19-8+. The van der Waals surface area contributed by atoms with Crippen molar-refractivity contribution >= 4 is 45.8 Å². The molecular formula is C15H10Cl2N2S. The molecule has 0 amide bonds. The second kappa shape index (κ2) is 5.57. The lowest BCUT2D eigenvalue weighted by atomic mass is 10.1. The molecule has 2 nitrogen and oxygen atoms in total. The molecule has 0 spiro atoms. The minimum absolute atomic E-state index is 0.487. The van der Waals surface area contributed by atoms with Crippen LogP contribution in [0.3, 0.4) is 0 Å². The summed E-state index contributed by atoms with van der Waals surface area (Å²) >= 11 is 13.7. The van der Waals surface area contributed by atoms with Gasteiger partial charge in [0.25, 0.3) is 0 Å². The van der Waals surface area contributed by atoms with E-state index in [1.165, 1.54) is 10.4 Å². The lowest BCUT2D eigenvalue weighted by Gasteiger charge is -1.99. The van der Waals surface area contributed by atoms with Crippen LogP contribution < -0.4 is 0 Å². The van der Waals surface area contributed by atoms with Crippen molar-refractivity contribution in [3.05, 3.63) is 49.8 Å². The second-order valence-electron chi connectivity index (χ2n) is 4.55. The Kier molecular flexibility index (Phi) is 3.80. The van der Waals surface area contributed by atoms with Gasteiger partial charge >= 0.3 is 0 Å². The Labute approximate surface area is 131 Å². The smallest absolute Gasteiger partial charge is 0.134 e. The fraction of sp³-hybridized carbons (Fsp3) is 0.200. The maximum Gasteiger partial charge on any atom is 0.134 e. The molecule has 100 valence electrons. The van der Waals surface area contributed by atoms with Gasteiger partial charge in [-0.15, -0.1) is 11.3 Å². The molecule has 0 atom stereocenters. The summed E-state index contributed by atoms with van der Waals surface area (Å²) in [5, 5.41) is 11.1. The van der Waals surface area contributed by atoms with E-state index >= 15 is 0 Å². The third-order valence-corrected chi connectivity index (χ3v) is 5.35. The minimum atomic E-state index is 0.487. The fourth-order valence-electron chi connectivity index (χ4n) is 2.34. The molecule has 0 aliphatic heterocycles. The van der Waals surface area contributed by atoms with Crippen molar-refractivity contribution in [1.82, 2.24) is 0 Å². The fourth-order valence-corrected chi connectivity index (χ4v) is 3.88. The monoisotopic (exact) mass is 320 g/mol. The molecule has 20 heavy (non-hydrogen) atoms. The highest BCUT2D eigenvalue weighted by molar-refractivity contribution is 7.16. The van der Waals surface area contributed by atoms with Crippen LogP contribution in [0, 0.1) is 11.3 Å². The van der Waals surface area contributed by atoms with Crippen molar-refractivity contribution in [2.24, 2.45) is 4.99 Å². The van der Waals surface area contributed by atoms with E-state index in [-0.39, 0.29) is 0 Å². The summed E-state index contributed by atoms with van der Waals surface area (Å²) in [5.74, 6) is 0. The predicted octanol–water partition coefficient (Wildman–Crippen LogP) is 5.17. The number of halogens is 2. The van der Waals surface area contributed by atoms with Gasteiger partial charge in [-0.3, -0.25) is 0 Å². The topological polar surface area (TPSA) is 36.1 Å². The van der Waals surface area contributed by atoms with Gasteiger partial charge in [0, 0.05) is 16.7 Å². The van der Waals surface area contributed by atoms with Crippen molar-refractivity contribution in [1.29, 1.82) is 5.26 Å². The van der Waals surface area contributed by atoms with Gasteiger partial charge < -0.3 is 0 Å². The molecule has 0 bridgehead atoms. The van der Waals surface area contributed by atoms with Gasteiger partial charge in [-0.2, -0.15) is 5.26 Å². The number of rotatable bonds is 2. The van der Waals surface area contributed by atoms with Crippen LogP contribution in [0.25, 0.3) is 0 Å². The van der Waals surface area contributed by atoms with Gasteiger partial charge in [-0.25, -0.2) is 4.99 Å². The highest BCUT2D eigenvalue weighted by Gasteiger charge is 2.21. The molecule has 0 N–H and O–H groups in total. The maximum absolute atomic E-state index is 9.30. The first-order valence-corrected chi connectivity index (χ1v) is 7.80. The zero-order chi connectivity index (χ0) is 14.1. The number of benzene rings is 1. The molecule has 1 aliphatic rings. The van der Waals surface area contributed by atoms with Gasteiger partial charge in [0.2, 0.25) is 0 Å². The van der Waals surface area contributed by atoms with Crippen LogP contribution in [0.1, 0.15) is 28.0 Å². The minimum Gasteiger partial charge on any atom is -0.244 e. The van der Waals surface area contributed by atoms with E-state index in [9.17, 15) is 5.26 Å². The van der Waals surface area contributed by atoms with E-state index in [0.717, 1.165) is 35.4 Å². The van der Waals surface area contributed by atoms with Crippen molar-refractivity contribution < 1.29 is 0 Å². The van der Waals surface area contributed by atoms with Crippen LogP contribution >= 0.6 is 34.5 Å². The van der Waals surface area contributed by atoms with Gasteiger partial charge in [-0.1, -0.05) is 35.3 Å². The summed E-state index contributed by atoms with van der Waals surface area (Å²) in [7, 11) is 0. The van der Waals surface area contributed by atoms with Crippen molar-refractivity contribution in [3.8, 4) is 6.07 Å². The lowest BCUT2D eigenvalue weighted by Crippen LogP contribution is -1.84. The molecule has 3 rings (SSSR count). The zero-order valence-electron chi connectivity index (χ0n) is 10.5. The molecule has 1 heterocycles. The van der Waals surface area contributed by atoms with Gasteiger partial charge in [0.15, 0.2) is 0 Å². The number of thiophene rings is 1. The Morgan fingerprint density at radius 2 is 2.15 bits per heavy atom. The summed E-state index contributed by atoms with van der Waals surface area (Å²) in [5.41, 5.74) is 2.66. The average molecular weight is 321 g/mol. The molecule has 0 saturated carbocycles. The van der Waals surface area contributed by atoms with E-state index in [1.54, 1.807) is 23.6 Å². The first kappa shape index (κ1) is 13.6. The number of fused-ring (bicyclic) bond motifs is 1. The summed E-state index contributed by atoms with van der Waals surface area (Å²) in [6, 6.07) is 7.69. The van der Waals surface area contributed by atoms with Gasteiger partial charge in [-0.05, 0) is 30.9 Å². The Balaban J connectivity index is 1.98. The highest BCUT2D eigenvalue weighted by Crippen LogP contribution is 2.40. The SMILES string of the molecule is N#Cc1c(/N=C/c2cccc(Cl)c2Cl)sc2c1CCC2. The predicted molar refractivity (Wildman–Crippen MR) is 84.8 cm³/mol. The molecule has 0 fully saturated rings. The van der Waals surface area contributed by atoms with Gasteiger partial charge in [0.1, 0.15) is 11.1 Å². The third-order valence-electron chi connectivity index (χ3n) is 3.32. The number of nitrogens with zero attached hydrogens (tertiary/aromatic N) is 2. The third kappa shape index (κ3) is 2.35. The first-order valence-electron chi connectivity index (χ1n) is 6.23. The first-order chi connectivity index (χ1) is 9.70. The number of aliphatic imine (C=N–C) groups is 1. The molecule has 1 aromatic carbocycles. The highest BCUT2D eigenvalue weighted by atomic mass is 35.5. The molecule has 0 saturated heterocycles. The van der Waals surface area contributed by atoms with Crippen LogP contribution in [0.5, 0.6) is 0 Å². The Bertz CT molecular complexity index is 741. The van der Waals surface area contributed by atoms with E-state index in [4.69, 9.17) is 23.2 Å². The number of nitriles is 1. The summed E-state index contributed by atoms with van der Waals surface area (Å²) < 4.78 is 0. The van der Waals surface area contributed by atoms with Crippen LogP contribution in [0.2, 0.25) is 10.0 Å². The molecular weight excluding hydrogens is 311 g/mol. The number of aryl methyl sites for hydroxylation is 1. The van der Waals surface area contributed by atoms with E-state index in [0.29, 0.717) is 10.0 Å². The molecule has 0 radical (unpaired) electrons. The van der Waals surface area contributed by atoms with E-state index < -0.39 is 0 Å². The van der Waals surface area contributed by atoms with Crippen molar-refractivity contribution in [3.63, 3.8) is 0 Å². The zero-order valence-corrected chi connectivity index (χ0v) is 12.8. The Morgan fingerprint density at radius 1 is 1.30 bits per heavy atom. The number of hydrogen-bond donors (Lipinski definition) is 0. The van der Waals surface area contributed by atoms with Crippen molar-refractivity contribution in [2.75, 3.05) is 0 Å². The van der Waals surface area contributed by atoms with Crippen LogP contribution in [-0.2, 0) is 12.8 Å². The molecule has 5 heteroatoms. The van der Waals surface area contributed by atoms with Crippen molar-refractivity contribution in [2.45, 2.75) is 19.3 Å². The Morgan fingerprint density at radius 3 is 2.95 bits per heavy atom. The van der Waals surface area contributed by atoms with E-state index in [1.807, 2.05) is 12.1 Å². The van der Waals surface area contributed by atoms with E-state index in [2.05, 4.69) is 11.1 Å². The summed E-state index contributed by atoms with van der Waals surface area (Å²) in [6.45, 7) is 0. The summed E-state index contributed by atoms with van der Waals surface area (Å²) in [4.78, 5) is 5.74. The normalized spacial score (nSPS) is 13.7. The Hall–Kier alpha value is -1.34. The summed E-state index contributed by atoms with van der Waals surface area (Å²) in [6.07, 6.45) is 4.86. The lowest BCUT2D eigenvalue weighted by molar-refractivity contribution is 0.913. The van der Waals surface area contributed by atoms with Crippen LogP contribution in [0.4, 0.5) is 5.00 Å². The second-order valence-corrected chi connectivity index (χ2v) is 6.42. The van der Waals surface area contributed by atoms with Crippen LogP contribution in [-0.4, -0.2) is 6.21 Å². The molecule has 2 aromatic rings. The molecule has 1 aromatic heterocycles. The molecule has 1 aliphatic carbocycles. The molecule has 0 unspecified atom stereocenters. The maximum atomic E-state index is 9.30.